The lowest BCUT2D eigenvalue weighted by Crippen LogP contribution is -2.56. The van der Waals surface area contributed by atoms with Crippen LogP contribution in [0.15, 0.2) is 77.8 Å². The summed E-state index contributed by atoms with van der Waals surface area (Å²) in [6, 6.07) is 19.8. The number of hydrogen-bond acceptors (Lipinski definition) is 6. The molecule has 1 aromatic heterocycles. The van der Waals surface area contributed by atoms with Gasteiger partial charge in [-0.15, -0.1) is 11.8 Å². The van der Waals surface area contributed by atoms with Gasteiger partial charge < -0.3 is 10.2 Å². The number of piperidine rings is 1. The van der Waals surface area contributed by atoms with Crippen molar-refractivity contribution in [1.29, 1.82) is 0 Å². The van der Waals surface area contributed by atoms with Gasteiger partial charge in [0.25, 0.3) is 0 Å². The van der Waals surface area contributed by atoms with Crippen molar-refractivity contribution in [3.8, 4) is 0 Å². The van der Waals surface area contributed by atoms with Crippen LogP contribution in [0.2, 0.25) is 0 Å². The molecule has 6 nitrogen and oxygen atoms in total. The van der Waals surface area contributed by atoms with Gasteiger partial charge in [0.1, 0.15) is 0 Å². The van der Waals surface area contributed by atoms with Crippen molar-refractivity contribution in [3.05, 3.63) is 84.2 Å². The van der Waals surface area contributed by atoms with Gasteiger partial charge >= 0.3 is 6.18 Å². The number of alkyl halides is 3. The summed E-state index contributed by atoms with van der Waals surface area (Å²) < 4.78 is 39.8. The highest BCUT2D eigenvalue weighted by atomic mass is 32.2. The number of hydrogen-bond donors (Lipinski definition) is 1. The second-order valence-electron chi connectivity index (χ2n) is 11.1. The molecule has 1 N–H and O–H groups in total. The Hall–Kier alpha value is -3.08. The summed E-state index contributed by atoms with van der Waals surface area (Å²) in [6.45, 7) is 5.52. The number of thioether (sulfide) groups is 1. The fourth-order valence-electron chi connectivity index (χ4n) is 6.16. The number of halogens is 3. The molecule has 2 atom stereocenters. The monoisotopic (exact) mass is 597 g/mol. The molecule has 2 aliphatic rings. The van der Waals surface area contributed by atoms with E-state index in [0.29, 0.717) is 37.2 Å². The predicted octanol–water partition coefficient (Wildman–Crippen LogP) is 6.25. The number of pyridine rings is 1. The van der Waals surface area contributed by atoms with Gasteiger partial charge in [-0.2, -0.15) is 13.2 Å². The Kier molecular flexibility index (Phi) is 10.1. The molecule has 0 unspecified atom stereocenters. The van der Waals surface area contributed by atoms with Crippen LogP contribution in [0, 0.1) is 5.92 Å². The Bertz CT molecular complexity index is 1320. The standard InChI is InChI=1S/C32H38F3N5OS/c1-42-29-10-5-8-26(21-29)37-31(41)12-11-24-22-38(23-27-7-2-3-14-36-27)15-13-30(24)40-18-16-39(17-19-40)28-9-4-6-25(20-28)32(33,34)35/h2-10,14,20-21,24,30H,11-13,15-19,22-23H2,1H3,(H,37,41)/t24-,30+/m1/s1. The summed E-state index contributed by atoms with van der Waals surface area (Å²) in [5.41, 5.74) is 1.86. The molecular weight excluding hydrogens is 559 g/mol. The summed E-state index contributed by atoms with van der Waals surface area (Å²) in [4.78, 5) is 25.6. The van der Waals surface area contributed by atoms with E-state index in [2.05, 4.69) is 20.1 Å². The summed E-state index contributed by atoms with van der Waals surface area (Å²) in [7, 11) is 0. The molecule has 1 amide bonds. The van der Waals surface area contributed by atoms with Gasteiger partial charge in [0.15, 0.2) is 0 Å². The van der Waals surface area contributed by atoms with Crippen LogP contribution in [-0.4, -0.2) is 72.3 Å². The molecule has 10 heteroatoms. The largest absolute Gasteiger partial charge is 0.416 e. The van der Waals surface area contributed by atoms with Crippen molar-refractivity contribution in [2.24, 2.45) is 5.92 Å². The number of nitrogens with zero attached hydrogens (tertiary/aromatic N) is 4. The smallest absolute Gasteiger partial charge is 0.369 e. The zero-order chi connectivity index (χ0) is 29.5. The van der Waals surface area contributed by atoms with Gasteiger partial charge in [0, 0.05) is 80.7 Å². The van der Waals surface area contributed by atoms with Crippen LogP contribution in [0.25, 0.3) is 0 Å². The third-order valence-electron chi connectivity index (χ3n) is 8.31. The number of carbonyl (C=O) groups excluding carboxylic acids is 1. The van der Waals surface area contributed by atoms with Crippen molar-refractivity contribution < 1.29 is 18.0 Å². The number of aromatic nitrogens is 1. The molecule has 0 saturated carbocycles. The number of piperazine rings is 1. The van der Waals surface area contributed by atoms with Gasteiger partial charge in [0.2, 0.25) is 5.91 Å². The highest BCUT2D eigenvalue weighted by molar-refractivity contribution is 7.98. The van der Waals surface area contributed by atoms with Crippen LogP contribution in [-0.2, 0) is 17.5 Å². The molecule has 2 fully saturated rings. The number of likely N-dealkylation sites (tertiary alicyclic amines) is 1. The fourth-order valence-corrected chi connectivity index (χ4v) is 6.61. The number of nitrogens with one attached hydrogen (secondary N) is 1. The molecule has 5 rings (SSSR count). The summed E-state index contributed by atoms with van der Waals surface area (Å²) in [5.74, 6) is 0.314. The van der Waals surface area contributed by atoms with Gasteiger partial charge in [-0.1, -0.05) is 18.2 Å². The molecule has 0 spiro atoms. The SMILES string of the molecule is CSc1cccc(NC(=O)CC[C@@H]2CN(Cc3ccccn3)CC[C@@H]2N2CCN(c3cccc(C(F)(F)F)c3)CC2)c1. The Balaban J connectivity index is 1.22. The fraction of sp³-hybridized carbons (Fsp3) is 0.438. The van der Waals surface area contributed by atoms with E-state index >= 15 is 0 Å². The molecule has 0 aliphatic carbocycles. The van der Waals surface area contributed by atoms with E-state index in [0.717, 1.165) is 67.9 Å². The topological polar surface area (TPSA) is 51.7 Å². The van der Waals surface area contributed by atoms with Crippen molar-refractivity contribution in [1.82, 2.24) is 14.8 Å². The van der Waals surface area contributed by atoms with Crippen LogP contribution in [0.4, 0.5) is 24.5 Å². The number of amides is 1. The van der Waals surface area contributed by atoms with Crippen LogP contribution < -0.4 is 10.2 Å². The summed E-state index contributed by atoms with van der Waals surface area (Å²) in [6.07, 6.45) is 1.68. The average Bonchev–Trinajstić information content (AvgIpc) is 3.00. The van der Waals surface area contributed by atoms with E-state index in [1.165, 1.54) is 12.1 Å². The van der Waals surface area contributed by atoms with Crippen LogP contribution in [0.5, 0.6) is 0 Å². The summed E-state index contributed by atoms with van der Waals surface area (Å²) >= 11 is 1.64. The first-order valence-corrected chi connectivity index (χ1v) is 15.7. The minimum absolute atomic E-state index is 0.0169. The number of benzene rings is 2. The van der Waals surface area contributed by atoms with Gasteiger partial charge in [0.05, 0.1) is 11.3 Å². The average molecular weight is 598 g/mol. The normalized spacial score (nSPS) is 20.4. The highest BCUT2D eigenvalue weighted by Crippen LogP contribution is 2.33. The Morgan fingerprint density at radius 1 is 1.00 bits per heavy atom. The zero-order valence-electron chi connectivity index (χ0n) is 23.9. The zero-order valence-corrected chi connectivity index (χ0v) is 24.7. The van der Waals surface area contributed by atoms with Crippen molar-refractivity contribution in [2.45, 2.75) is 42.9 Å². The minimum Gasteiger partial charge on any atom is -0.369 e. The van der Waals surface area contributed by atoms with E-state index in [1.807, 2.05) is 59.8 Å². The first-order chi connectivity index (χ1) is 20.3. The van der Waals surface area contributed by atoms with E-state index < -0.39 is 11.7 Å². The molecule has 42 heavy (non-hydrogen) atoms. The Morgan fingerprint density at radius 2 is 1.81 bits per heavy atom. The highest BCUT2D eigenvalue weighted by Gasteiger charge is 2.36. The van der Waals surface area contributed by atoms with Crippen molar-refractivity contribution in [2.75, 3.05) is 55.7 Å². The molecule has 0 bridgehead atoms. The molecule has 224 valence electrons. The maximum absolute atomic E-state index is 13.3. The van der Waals surface area contributed by atoms with Crippen molar-refractivity contribution >= 4 is 29.0 Å². The second kappa shape index (κ2) is 13.9. The Morgan fingerprint density at radius 3 is 2.55 bits per heavy atom. The predicted molar refractivity (Wildman–Crippen MR) is 163 cm³/mol. The lowest BCUT2D eigenvalue weighted by atomic mass is 9.86. The van der Waals surface area contributed by atoms with Crippen LogP contribution in [0.1, 0.15) is 30.5 Å². The molecular formula is C32H38F3N5OS. The van der Waals surface area contributed by atoms with E-state index in [-0.39, 0.29) is 5.91 Å². The molecule has 0 radical (unpaired) electrons. The van der Waals surface area contributed by atoms with Gasteiger partial charge in [-0.25, -0.2) is 0 Å². The summed E-state index contributed by atoms with van der Waals surface area (Å²) in [5, 5.41) is 3.06. The molecule has 2 aromatic carbocycles. The van der Waals surface area contributed by atoms with E-state index in [1.54, 1.807) is 17.8 Å². The quantitative estimate of drug-likeness (QED) is 0.294. The van der Waals surface area contributed by atoms with E-state index in [4.69, 9.17) is 0 Å². The van der Waals surface area contributed by atoms with Crippen molar-refractivity contribution in [3.63, 3.8) is 0 Å². The van der Waals surface area contributed by atoms with Gasteiger partial charge in [-0.3, -0.25) is 19.6 Å². The van der Waals surface area contributed by atoms with Crippen LogP contribution in [0.3, 0.4) is 0 Å². The first kappa shape index (κ1) is 30.4. The number of rotatable bonds is 9. The molecule has 3 heterocycles. The number of carbonyl (C=O) groups is 1. The molecule has 2 aliphatic heterocycles. The molecule has 3 aromatic rings. The van der Waals surface area contributed by atoms with Crippen LogP contribution >= 0.6 is 11.8 Å². The number of anilines is 2. The minimum atomic E-state index is -4.35. The molecule has 2 saturated heterocycles. The lowest BCUT2D eigenvalue weighted by Gasteiger charge is -2.47. The van der Waals surface area contributed by atoms with E-state index in [9.17, 15) is 18.0 Å². The third kappa shape index (κ3) is 8.05. The lowest BCUT2D eigenvalue weighted by molar-refractivity contribution is -0.137. The van der Waals surface area contributed by atoms with Gasteiger partial charge in [-0.05, 0) is 73.5 Å². The third-order valence-corrected chi connectivity index (χ3v) is 9.03. The maximum atomic E-state index is 13.3. The maximum Gasteiger partial charge on any atom is 0.416 e. The Labute approximate surface area is 250 Å². The first-order valence-electron chi connectivity index (χ1n) is 14.5. The second-order valence-corrected chi connectivity index (χ2v) is 11.9.